The summed E-state index contributed by atoms with van der Waals surface area (Å²) in [6, 6.07) is 12.0. The van der Waals surface area contributed by atoms with E-state index in [2.05, 4.69) is 20.1 Å². The van der Waals surface area contributed by atoms with Gasteiger partial charge in [0.2, 0.25) is 5.89 Å². The van der Waals surface area contributed by atoms with E-state index >= 15 is 0 Å². The molecular formula is C19H20N4O3. The summed E-state index contributed by atoms with van der Waals surface area (Å²) < 4.78 is 17.0. The Labute approximate surface area is 151 Å². The Morgan fingerprint density at radius 2 is 2.08 bits per heavy atom. The number of hydrogen-bond acceptors (Lipinski definition) is 7. The monoisotopic (exact) mass is 352 g/mol. The highest BCUT2D eigenvalue weighted by molar-refractivity contribution is 5.55. The van der Waals surface area contributed by atoms with Gasteiger partial charge in [0, 0.05) is 31.0 Å². The Bertz CT molecular complexity index is 836. The van der Waals surface area contributed by atoms with Crippen molar-refractivity contribution in [2.75, 3.05) is 25.1 Å². The van der Waals surface area contributed by atoms with Crippen molar-refractivity contribution in [2.24, 2.45) is 0 Å². The lowest BCUT2D eigenvalue weighted by Gasteiger charge is -2.13. The van der Waals surface area contributed by atoms with E-state index in [4.69, 9.17) is 13.9 Å². The van der Waals surface area contributed by atoms with Gasteiger partial charge in [-0.2, -0.15) is 0 Å². The second-order valence-electron chi connectivity index (χ2n) is 6.15. The first kappa shape index (κ1) is 16.5. The number of pyridine rings is 1. The molecule has 2 aromatic heterocycles. The van der Waals surface area contributed by atoms with E-state index in [-0.39, 0.29) is 6.10 Å². The van der Waals surface area contributed by atoms with Gasteiger partial charge in [-0.05, 0) is 42.3 Å². The van der Waals surface area contributed by atoms with Crippen LogP contribution in [-0.4, -0.2) is 41.5 Å². The second kappa shape index (κ2) is 7.53. The number of ether oxygens (including phenoxy) is 2. The van der Waals surface area contributed by atoms with Crippen molar-refractivity contribution in [1.82, 2.24) is 15.2 Å². The summed E-state index contributed by atoms with van der Waals surface area (Å²) >= 11 is 0. The van der Waals surface area contributed by atoms with Gasteiger partial charge in [-0.3, -0.25) is 4.98 Å². The molecule has 7 heteroatoms. The smallest absolute Gasteiger partial charge is 0.318 e. The number of benzene rings is 1. The Hall–Kier alpha value is -2.93. The third-order valence-electron chi connectivity index (χ3n) is 4.38. The van der Waals surface area contributed by atoms with Gasteiger partial charge >= 0.3 is 6.01 Å². The molecular weight excluding hydrogens is 332 g/mol. The summed E-state index contributed by atoms with van der Waals surface area (Å²) in [5.74, 6) is 1.30. The first-order valence-electron chi connectivity index (χ1n) is 8.55. The lowest BCUT2D eigenvalue weighted by Crippen LogP contribution is -2.23. The molecule has 1 fully saturated rings. The lowest BCUT2D eigenvalue weighted by atomic mass is 10.2. The van der Waals surface area contributed by atoms with Crippen molar-refractivity contribution >= 4 is 6.01 Å². The number of aromatic nitrogens is 3. The minimum atomic E-state index is 0.145. The highest BCUT2D eigenvalue weighted by Crippen LogP contribution is 2.26. The number of methoxy groups -OCH3 is 1. The highest BCUT2D eigenvalue weighted by atomic mass is 16.5. The number of anilines is 1. The van der Waals surface area contributed by atoms with Crippen molar-refractivity contribution in [3.8, 4) is 17.2 Å². The minimum Gasteiger partial charge on any atom is -0.497 e. The maximum Gasteiger partial charge on any atom is 0.318 e. The van der Waals surface area contributed by atoms with Crippen molar-refractivity contribution in [3.63, 3.8) is 0 Å². The third kappa shape index (κ3) is 3.67. The summed E-state index contributed by atoms with van der Waals surface area (Å²) in [7, 11) is 1.64. The van der Waals surface area contributed by atoms with Crippen LogP contribution in [0.5, 0.6) is 5.75 Å². The normalized spacial score (nSPS) is 16.8. The molecule has 7 nitrogen and oxygen atoms in total. The van der Waals surface area contributed by atoms with Crippen molar-refractivity contribution in [2.45, 2.75) is 19.1 Å². The molecule has 3 aromatic rings. The fourth-order valence-electron chi connectivity index (χ4n) is 2.93. The summed E-state index contributed by atoms with van der Waals surface area (Å²) in [4.78, 5) is 6.17. The average Bonchev–Trinajstić information content (AvgIpc) is 3.37. The lowest BCUT2D eigenvalue weighted by molar-refractivity contribution is 0.0550. The number of hydrogen-bond donors (Lipinski definition) is 0. The van der Waals surface area contributed by atoms with Gasteiger partial charge in [-0.1, -0.05) is 11.2 Å². The Morgan fingerprint density at radius 3 is 2.85 bits per heavy atom. The molecule has 4 rings (SSSR count). The summed E-state index contributed by atoms with van der Waals surface area (Å²) in [5.41, 5.74) is 1.94. The molecule has 3 heterocycles. The molecule has 26 heavy (non-hydrogen) atoms. The molecule has 0 spiro atoms. The van der Waals surface area contributed by atoms with Crippen LogP contribution in [-0.2, 0) is 11.3 Å². The Kier molecular flexibility index (Phi) is 4.79. The van der Waals surface area contributed by atoms with E-state index in [0.29, 0.717) is 18.5 Å². The number of rotatable bonds is 6. The van der Waals surface area contributed by atoms with Crippen LogP contribution < -0.4 is 9.64 Å². The van der Waals surface area contributed by atoms with Gasteiger partial charge in [-0.15, -0.1) is 5.10 Å². The van der Waals surface area contributed by atoms with Crippen LogP contribution >= 0.6 is 0 Å². The molecule has 1 aliphatic heterocycles. The van der Waals surface area contributed by atoms with Crippen LogP contribution in [0, 0.1) is 0 Å². The fourth-order valence-corrected chi connectivity index (χ4v) is 2.93. The summed E-state index contributed by atoms with van der Waals surface area (Å²) in [5, 5.41) is 8.34. The molecule has 1 atom stereocenters. The van der Waals surface area contributed by atoms with Gasteiger partial charge in [-0.25, -0.2) is 0 Å². The molecule has 1 saturated heterocycles. The molecule has 0 amide bonds. The molecule has 1 aromatic carbocycles. The van der Waals surface area contributed by atoms with Crippen LogP contribution in [0.4, 0.5) is 6.01 Å². The highest BCUT2D eigenvalue weighted by Gasteiger charge is 2.27. The molecule has 0 bridgehead atoms. The van der Waals surface area contributed by atoms with Gasteiger partial charge in [0.15, 0.2) is 0 Å². The zero-order chi connectivity index (χ0) is 17.8. The predicted molar refractivity (Wildman–Crippen MR) is 95.9 cm³/mol. The van der Waals surface area contributed by atoms with Crippen molar-refractivity contribution in [1.29, 1.82) is 0 Å². The largest absolute Gasteiger partial charge is 0.497 e. The third-order valence-corrected chi connectivity index (χ3v) is 4.38. The van der Waals surface area contributed by atoms with Crippen LogP contribution in [0.2, 0.25) is 0 Å². The van der Waals surface area contributed by atoms with E-state index < -0.39 is 0 Å². The van der Waals surface area contributed by atoms with E-state index in [0.717, 1.165) is 36.4 Å². The molecule has 0 N–H and O–H groups in total. The van der Waals surface area contributed by atoms with Crippen molar-refractivity contribution < 1.29 is 13.9 Å². The van der Waals surface area contributed by atoms with E-state index in [1.807, 2.05) is 42.6 Å². The molecule has 0 aliphatic carbocycles. The molecule has 1 aliphatic rings. The van der Waals surface area contributed by atoms with E-state index in [1.165, 1.54) is 0 Å². The standard InChI is InChI=1S/C19H20N4O3/c1-24-16-6-4-15(5-7-16)18-21-22-19(26-18)23-10-8-17(12-23)25-13-14-3-2-9-20-11-14/h2-7,9,11,17H,8,10,12-13H2,1H3. The van der Waals surface area contributed by atoms with E-state index in [1.54, 1.807) is 13.3 Å². The second-order valence-corrected chi connectivity index (χ2v) is 6.15. The van der Waals surface area contributed by atoms with Crippen LogP contribution in [0.25, 0.3) is 11.5 Å². The summed E-state index contributed by atoms with van der Waals surface area (Å²) in [6.07, 6.45) is 4.66. The van der Waals surface area contributed by atoms with Gasteiger partial charge < -0.3 is 18.8 Å². The average molecular weight is 352 g/mol. The molecule has 0 saturated carbocycles. The van der Waals surface area contributed by atoms with Gasteiger partial charge in [0.05, 0.1) is 19.8 Å². The quantitative estimate of drug-likeness (QED) is 0.675. The van der Waals surface area contributed by atoms with Crippen LogP contribution in [0.1, 0.15) is 12.0 Å². The first-order chi connectivity index (χ1) is 12.8. The van der Waals surface area contributed by atoms with Gasteiger partial charge in [0.1, 0.15) is 5.75 Å². The van der Waals surface area contributed by atoms with Crippen LogP contribution in [0.15, 0.2) is 53.2 Å². The van der Waals surface area contributed by atoms with Crippen LogP contribution in [0.3, 0.4) is 0 Å². The summed E-state index contributed by atoms with van der Waals surface area (Å²) in [6.45, 7) is 2.14. The molecule has 0 radical (unpaired) electrons. The zero-order valence-electron chi connectivity index (χ0n) is 14.5. The van der Waals surface area contributed by atoms with Gasteiger partial charge in [0.25, 0.3) is 0 Å². The first-order valence-corrected chi connectivity index (χ1v) is 8.55. The SMILES string of the molecule is COc1ccc(-c2nnc(N3CCC(OCc4cccnc4)C3)o2)cc1. The maximum atomic E-state index is 5.97. The number of nitrogens with zero attached hydrogens (tertiary/aromatic N) is 4. The van der Waals surface area contributed by atoms with Crippen molar-refractivity contribution in [3.05, 3.63) is 54.4 Å². The zero-order valence-corrected chi connectivity index (χ0v) is 14.5. The minimum absolute atomic E-state index is 0.145. The molecule has 134 valence electrons. The topological polar surface area (TPSA) is 73.5 Å². The maximum absolute atomic E-state index is 5.97. The van der Waals surface area contributed by atoms with E-state index in [9.17, 15) is 0 Å². The molecule has 1 unspecified atom stereocenters. The Morgan fingerprint density at radius 1 is 1.19 bits per heavy atom. The fraction of sp³-hybridized carbons (Fsp3) is 0.316. The Balaban J connectivity index is 1.36. The predicted octanol–water partition coefficient (Wildman–Crippen LogP) is 2.94.